The predicted octanol–water partition coefficient (Wildman–Crippen LogP) is 2.56. The van der Waals surface area contributed by atoms with Crippen LogP contribution in [-0.4, -0.2) is 58.3 Å². The Bertz CT molecular complexity index is 839. The number of nitrogens with one attached hydrogen (secondary N) is 1. The van der Waals surface area contributed by atoms with Gasteiger partial charge in [0.1, 0.15) is 12.1 Å². The molecule has 1 aromatic heterocycles. The third kappa shape index (κ3) is 4.77. The highest BCUT2D eigenvalue weighted by Gasteiger charge is 2.28. The first-order valence-electron chi connectivity index (χ1n) is 9.17. The second kappa shape index (κ2) is 8.40. The van der Waals surface area contributed by atoms with Crippen molar-refractivity contribution in [1.82, 2.24) is 14.8 Å². The maximum Gasteiger partial charge on any atom is 0.237 e. The fourth-order valence-corrected chi connectivity index (χ4v) is 3.83. The smallest absolute Gasteiger partial charge is 0.237 e. The number of anilines is 2. The van der Waals surface area contributed by atoms with Crippen LogP contribution in [0.15, 0.2) is 29.7 Å². The molecule has 2 heterocycles. The molecule has 3 rings (SSSR count). The lowest BCUT2D eigenvalue weighted by Crippen LogP contribution is -2.48. The molecule has 28 heavy (non-hydrogen) atoms. The molecule has 2 aromatic rings. The molecule has 1 aromatic carbocycles. The van der Waals surface area contributed by atoms with Gasteiger partial charge in [-0.25, -0.2) is 0 Å². The first-order chi connectivity index (χ1) is 13.3. The zero-order chi connectivity index (χ0) is 20.3. The van der Waals surface area contributed by atoms with Crippen molar-refractivity contribution in [2.75, 3.05) is 37.0 Å². The minimum Gasteiger partial charge on any atom is -0.494 e. The Kier molecular flexibility index (Phi) is 6.14. The average molecular weight is 406 g/mol. The molecule has 152 valence electrons. The molecule has 0 radical (unpaired) electrons. The largest absolute Gasteiger partial charge is 0.494 e. The van der Waals surface area contributed by atoms with Crippen LogP contribution in [0.3, 0.4) is 0 Å². The van der Waals surface area contributed by atoms with E-state index in [1.54, 1.807) is 18.0 Å². The molecule has 0 saturated carbocycles. The lowest BCUT2D eigenvalue weighted by molar-refractivity contribution is -0.115. The van der Waals surface area contributed by atoms with Gasteiger partial charge in [-0.1, -0.05) is 11.8 Å². The van der Waals surface area contributed by atoms with E-state index >= 15 is 0 Å². The minimum atomic E-state index is -0.327. The number of carbonyl (C=O) groups is 1. The summed E-state index contributed by atoms with van der Waals surface area (Å²) in [7, 11) is 3.46. The number of thioether (sulfide) groups is 1. The van der Waals surface area contributed by atoms with Gasteiger partial charge >= 0.3 is 0 Å². The maximum absolute atomic E-state index is 12.6. The number of benzene rings is 1. The molecule has 1 aliphatic heterocycles. The molecule has 0 spiro atoms. The Hall–Kier alpha value is -2.26. The summed E-state index contributed by atoms with van der Waals surface area (Å²) >= 11 is 1.36. The van der Waals surface area contributed by atoms with Crippen molar-refractivity contribution < 1.29 is 14.3 Å². The second-order valence-electron chi connectivity index (χ2n) is 7.39. The number of carbonyl (C=O) groups excluding carboxylic acids is 1. The number of aryl methyl sites for hydroxylation is 1. The van der Waals surface area contributed by atoms with Crippen LogP contribution in [0.4, 0.5) is 11.4 Å². The Labute approximate surface area is 169 Å². The zero-order valence-corrected chi connectivity index (χ0v) is 17.7. The summed E-state index contributed by atoms with van der Waals surface area (Å²) in [5.41, 5.74) is 1.51. The molecule has 1 saturated heterocycles. The van der Waals surface area contributed by atoms with Gasteiger partial charge in [0.2, 0.25) is 5.91 Å². The Morgan fingerprint density at radius 2 is 2.21 bits per heavy atom. The highest BCUT2D eigenvalue weighted by molar-refractivity contribution is 8.00. The lowest BCUT2D eigenvalue weighted by atomic mass is 10.1. The summed E-state index contributed by atoms with van der Waals surface area (Å²) in [6.45, 7) is 8.31. The number of nitrogens with zero attached hydrogens (tertiary/aromatic N) is 4. The average Bonchev–Trinajstić information content (AvgIpc) is 3.05. The Morgan fingerprint density at radius 3 is 2.86 bits per heavy atom. The number of hydrogen-bond acceptors (Lipinski definition) is 7. The SMILES string of the molecule is COc1cc(N2CCOC(C)(C)C2)ccc1NC(=O)[C@@H](C)Sc1nncn1C. The molecule has 1 N–H and O–H groups in total. The van der Waals surface area contributed by atoms with Crippen LogP contribution in [0.1, 0.15) is 20.8 Å². The van der Waals surface area contributed by atoms with Crippen molar-refractivity contribution in [1.29, 1.82) is 0 Å². The van der Waals surface area contributed by atoms with Crippen LogP contribution in [-0.2, 0) is 16.6 Å². The van der Waals surface area contributed by atoms with Crippen LogP contribution in [0, 0.1) is 0 Å². The van der Waals surface area contributed by atoms with Gasteiger partial charge in [-0.15, -0.1) is 10.2 Å². The molecule has 0 unspecified atom stereocenters. The van der Waals surface area contributed by atoms with Gasteiger partial charge in [-0.3, -0.25) is 4.79 Å². The van der Waals surface area contributed by atoms with E-state index in [1.165, 1.54) is 11.8 Å². The van der Waals surface area contributed by atoms with Gasteiger partial charge in [-0.05, 0) is 32.9 Å². The normalized spacial score (nSPS) is 17.2. The third-order valence-corrected chi connectivity index (χ3v) is 5.70. The van der Waals surface area contributed by atoms with Crippen molar-refractivity contribution in [3.05, 3.63) is 24.5 Å². The standard InChI is InChI=1S/C19H27N5O3S/c1-13(28-18-22-20-12-23(18)4)17(25)21-15-7-6-14(10-16(15)26-5)24-8-9-27-19(2,3)11-24/h6-7,10,12-13H,8-9,11H2,1-5H3,(H,21,25)/t13-/m1/s1. The summed E-state index contributed by atoms with van der Waals surface area (Å²) in [6.07, 6.45) is 1.61. The quantitative estimate of drug-likeness (QED) is 0.740. The highest BCUT2D eigenvalue weighted by atomic mass is 32.2. The lowest BCUT2D eigenvalue weighted by Gasteiger charge is -2.39. The summed E-state index contributed by atoms with van der Waals surface area (Å²) < 4.78 is 13.1. The summed E-state index contributed by atoms with van der Waals surface area (Å²) in [5, 5.41) is 11.2. The molecule has 8 nitrogen and oxygen atoms in total. The van der Waals surface area contributed by atoms with E-state index in [1.807, 2.05) is 32.2 Å². The van der Waals surface area contributed by atoms with Gasteiger partial charge in [0.05, 0.1) is 30.3 Å². The molecule has 1 atom stereocenters. The topological polar surface area (TPSA) is 81.5 Å². The molecular weight excluding hydrogens is 378 g/mol. The van der Waals surface area contributed by atoms with E-state index in [0.29, 0.717) is 23.2 Å². The van der Waals surface area contributed by atoms with Gasteiger partial charge in [-0.2, -0.15) is 0 Å². The first-order valence-corrected chi connectivity index (χ1v) is 10.1. The summed E-state index contributed by atoms with van der Waals surface area (Å²) in [6, 6.07) is 5.84. The van der Waals surface area contributed by atoms with E-state index in [2.05, 4.69) is 34.3 Å². The fraction of sp³-hybridized carbons (Fsp3) is 0.526. The molecule has 0 aliphatic carbocycles. The summed E-state index contributed by atoms with van der Waals surface area (Å²) in [4.78, 5) is 14.9. The van der Waals surface area contributed by atoms with Gasteiger partial charge < -0.3 is 24.3 Å². The Balaban J connectivity index is 1.70. The van der Waals surface area contributed by atoms with Crippen molar-refractivity contribution in [2.24, 2.45) is 7.05 Å². The fourth-order valence-electron chi connectivity index (χ4n) is 3.04. The minimum absolute atomic E-state index is 0.119. The molecule has 1 amide bonds. The Morgan fingerprint density at radius 1 is 1.43 bits per heavy atom. The van der Waals surface area contributed by atoms with E-state index < -0.39 is 0 Å². The number of ether oxygens (including phenoxy) is 2. The highest BCUT2D eigenvalue weighted by Crippen LogP contribution is 2.32. The molecule has 1 aliphatic rings. The molecular formula is C19H27N5O3S. The van der Waals surface area contributed by atoms with Gasteiger partial charge in [0.25, 0.3) is 0 Å². The maximum atomic E-state index is 12.6. The molecule has 9 heteroatoms. The first kappa shape index (κ1) is 20.5. The molecule has 0 bridgehead atoms. The van der Waals surface area contributed by atoms with Crippen LogP contribution < -0.4 is 15.0 Å². The van der Waals surface area contributed by atoms with Gasteiger partial charge in [0.15, 0.2) is 5.16 Å². The van der Waals surface area contributed by atoms with Crippen LogP contribution >= 0.6 is 11.8 Å². The molecule has 1 fully saturated rings. The van der Waals surface area contributed by atoms with Gasteiger partial charge in [0, 0.05) is 31.9 Å². The van der Waals surface area contributed by atoms with E-state index in [4.69, 9.17) is 9.47 Å². The number of morpholine rings is 1. The van der Waals surface area contributed by atoms with Crippen LogP contribution in [0.5, 0.6) is 5.75 Å². The second-order valence-corrected chi connectivity index (χ2v) is 8.70. The predicted molar refractivity (Wildman–Crippen MR) is 110 cm³/mol. The number of methoxy groups -OCH3 is 1. The van der Waals surface area contributed by atoms with E-state index in [0.717, 1.165) is 18.8 Å². The number of aromatic nitrogens is 3. The van der Waals surface area contributed by atoms with Crippen molar-refractivity contribution in [3.8, 4) is 5.75 Å². The van der Waals surface area contributed by atoms with Crippen molar-refractivity contribution >= 4 is 29.0 Å². The van der Waals surface area contributed by atoms with E-state index in [-0.39, 0.29) is 16.8 Å². The third-order valence-electron chi connectivity index (χ3n) is 4.56. The van der Waals surface area contributed by atoms with Crippen molar-refractivity contribution in [2.45, 2.75) is 36.8 Å². The number of amides is 1. The van der Waals surface area contributed by atoms with E-state index in [9.17, 15) is 4.79 Å². The monoisotopic (exact) mass is 405 g/mol. The van der Waals surface area contributed by atoms with Crippen LogP contribution in [0.25, 0.3) is 0 Å². The van der Waals surface area contributed by atoms with Crippen LogP contribution in [0.2, 0.25) is 0 Å². The number of hydrogen-bond donors (Lipinski definition) is 1. The summed E-state index contributed by atoms with van der Waals surface area (Å²) in [5.74, 6) is 0.512. The number of rotatable bonds is 6. The zero-order valence-electron chi connectivity index (χ0n) is 16.9. The van der Waals surface area contributed by atoms with Crippen molar-refractivity contribution in [3.63, 3.8) is 0 Å².